The summed E-state index contributed by atoms with van der Waals surface area (Å²) in [5, 5.41) is 4.34. The highest BCUT2D eigenvalue weighted by atomic mass is 15.3. The van der Waals surface area contributed by atoms with Gasteiger partial charge in [0, 0.05) is 24.0 Å². The van der Waals surface area contributed by atoms with Gasteiger partial charge in [0.25, 0.3) is 0 Å². The Hall–Kier alpha value is -2.56. The molecule has 5 nitrogen and oxygen atoms in total. The van der Waals surface area contributed by atoms with E-state index in [4.69, 9.17) is 5.73 Å². The molecule has 1 aliphatic carbocycles. The van der Waals surface area contributed by atoms with Crippen molar-refractivity contribution in [1.29, 1.82) is 0 Å². The summed E-state index contributed by atoms with van der Waals surface area (Å²) >= 11 is 0. The topological polar surface area (TPSA) is 59.4 Å². The Balaban J connectivity index is 1.60. The van der Waals surface area contributed by atoms with Gasteiger partial charge in [-0.1, -0.05) is 24.3 Å². The van der Waals surface area contributed by atoms with Crippen molar-refractivity contribution in [3.05, 3.63) is 53.4 Å². The van der Waals surface area contributed by atoms with E-state index in [1.165, 1.54) is 11.1 Å². The lowest BCUT2D eigenvalue weighted by molar-refractivity contribution is 0.290. The van der Waals surface area contributed by atoms with Crippen LogP contribution < -0.4 is 5.73 Å². The van der Waals surface area contributed by atoms with Crippen molar-refractivity contribution in [3.8, 4) is 0 Å². The molecule has 0 bridgehead atoms. The highest BCUT2D eigenvalue weighted by Crippen LogP contribution is 2.27. The molecule has 5 heteroatoms. The summed E-state index contributed by atoms with van der Waals surface area (Å²) in [4.78, 5) is 6.82. The predicted molar refractivity (Wildman–Crippen MR) is 88.5 cm³/mol. The SMILES string of the molecule is Cc1cc(N)nn1C1=CN(C2Cc3ccccc3C2)CN=C1. The van der Waals surface area contributed by atoms with Crippen molar-refractivity contribution >= 4 is 17.7 Å². The lowest BCUT2D eigenvalue weighted by Crippen LogP contribution is -2.34. The van der Waals surface area contributed by atoms with Crippen LogP contribution in [0.4, 0.5) is 5.82 Å². The number of aromatic nitrogens is 2. The van der Waals surface area contributed by atoms with Crippen LogP contribution in [-0.4, -0.2) is 33.6 Å². The average molecular weight is 293 g/mol. The fraction of sp³-hybridized carbons (Fsp3) is 0.294. The fourth-order valence-corrected chi connectivity index (χ4v) is 3.33. The van der Waals surface area contributed by atoms with Crippen LogP contribution in [0.25, 0.3) is 5.70 Å². The Morgan fingerprint density at radius 2 is 1.91 bits per heavy atom. The number of rotatable bonds is 2. The molecule has 2 heterocycles. The van der Waals surface area contributed by atoms with Gasteiger partial charge in [-0.15, -0.1) is 0 Å². The van der Waals surface area contributed by atoms with E-state index in [0.29, 0.717) is 18.5 Å². The Morgan fingerprint density at radius 1 is 1.18 bits per heavy atom. The fourth-order valence-electron chi connectivity index (χ4n) is 3.33. The lowest BCUT2D eigenvalue weighted by Gasteiger charge is -2.28. The largest absolute Gasteiger partial charge is 0.382 e. The van der Waals surface area contributed by atoms with E-state index >= 15 is 0 Å². The average Bonchev–Trinajstić information content (AvgIpc) is 3.10. The molecule has 0 radical (unpaired) electrons. The molecule has 1 aromatic heterocycles. The maximum absolute atomic E-state index is 5.78. The molecule has 1 aliphatic heterocycles. The maximum atomic E-state index is 5.78. The van der Waals surface area contributed by atoms with Crippen molar-refractivity contribution in [1.82, 2.24) is 14.7 Å². The van der Waals surface area contributed by atoms with Crippen molar-refractivity contribution in [2.24, 2.45) is 4.99 Å². The molecular weight excluding hydrogens is 274 g/mol. The highest BCUT2D eigenvalue weighted by molar-refractivity contribution is 6.02. The van der Waals surface area contributed by atoms with Gasteiger partial charge in [-0.2, -0.15) is 5.10 Å². The molecule has 2 N–H and O–H groups in total. The standard InChI is InChI=1S/C17H19N5/c1-12-6-17(18)20-22(12)16-9-19-11-21(10-16)15-7-13-4-2-3-5-14(13)8-15/h2-6,9-10,15H,7-8,11H2,1H3,(H2,18,20). The third kappa shape index (κ3) is 2.19. The Labute approximate surface area is 129 Å². The number of anilines is 1. The molecule has 0 unspecified atom stereocenters. The van der Waals surface area contributed by atoms with Crippen LogP contribution in [0.1, 0.15) is 16.8 Å². The van der Waals surface area contributed by atoms with Crippen LogP contribution in [0.2, 0.25) is 0 Å². The second-order valence-corrected chi connectivity index (χ2v) is 5.97. The molecule has 22 heavy (non-hydrogen) atoms. The number of nitrogen functional groups attached to an aromatic ring is 1. The van der Waals surface area contributed by atoms with Gasteiger partial charge >= 0.3 is 0 Å². The summed E-state index contributed by atoms with van der Waals surface area (Å²) in [6, 6.07) is 11.0. The number of aliphatic imine (C=N–C) groups is 1. The normalized spacial score (nSPS) is 17.7. The number of aryl methyl sites for hydroxylation is 1. The summed E-state index contributed by atoms with van der Waals surface area (Å²) in [7, 11) is 0. The van der Waals surface area contributed by atoms with Gasteiger partial charge in [0.15, 0.2) is 0 Å². The number of hydrogen-bond donors (Lipinski definition) is 1. The van der Waals surface area contributed by atoms with E-state index in [1.54, 1.807) is 0 Å². The van der Waals surface area contributed by atoms with E-state index in [0.717, 1.165) is 24.2 Å². The Kier molecular flexibility index (Phi) is 2.99. The minimum atomic E-state index is 0.470. The number of benzene rings is 1. The van der Waals surface area contributed by atoms with Gasteiger partial charge in [0.1, 0.15) is 12.5 Å². The van der Waals surface area contributed by atoms with Gasteiger partial charge in [-0.05, 0) is 30.9 Å². The van der Waals surface area contributed by atoms with E-state index in [-0.39, 0.29) is 0 Å². The maximum Gasteiger partial charge on any atom is 0.146 e. The Morgan fingerprint density at radius 3 is 2.55 bits per heavy atom. The molecule has 2 aromatic rings. The zero-order valence-electron chi connectivity index (χ0n) is 12.6. The highest BCUT2D eigenvalue weighted by Gasteiger charge is 2.26. The van der Waals surface area contributed by atoms with E-state index in [9.17, 15) is 0 Å². The first-order valence-corrected chi connectivity index (χ1v) is 7.57. The zero-order chi connectivity index (χ0) is 15.1. The van der Waals surface area contributed by atoms with Crippen LogP contribution in [-0.2, 0) is 12.8 Å². The van der Waals surface area contributed by atoms with Crippen LogP contribution in [0.15, 0.2) is 41.5 Å². The summed E-state index contributed by atoms with van der Waals surface area (Å²) in [5.41, 5.74) is 10.7. The molecule has 1 aromatic carbocycles. The number of nitrogens with zero attached hydrogens (tertiary/aromatic N) is 4. The first kappa shape index (κ1) is 13.1. The quantitative estimate of drug-likeness (QED) is 0.922. The predicted octanol–water partition coefficient (Wildman–Crippen LogP) is 2.08. The van der Waals surface area contributed by atoms with Crippen LogP contribution in [0.5, 0.6) is 0 Å². The second-order valence-electron chi connectivity index (χ2n) is 5.97. The van der Waals surface area contributed by atoms with Gasteiger partial charge in [-0.3, -0.25) is 4.99 Å². The lowest BCUT2D eigenvalue weighted by atomic mass is 10.1. The van der Waals surface area contributed by atoms with E-state index < -0.39 is 0 Å². The summed E-state index contributed by atoms with van der Waals surface area (Å²) in [6.45, 7) is 2.71. The first-order valence-electron chi connectivity index (χ1n) is 7.57. The molecule has 4 rings (SSSR count). The Bertz CT molecular complexity index is 746. The molecule has 0 atom stereocenters. The van der Waals surface area contributed by atoms with Gasteiger partial charge in [-0.25, -0.2) is 4.68 Å². The summed E-state index contributed by atoms with van der Waals surface area (Å²) in [5.74, 6) is 0.539. The molecular formula is C17H19N5. The van der Waals surface area contributed by atoms with Crippen LogP contribution in [0.3, 0.4) is 0 Å². The smallest absolute Gasteiger partial charge is 0.146 e. The van der Waals surface area contributed by atoms with E-state index in [2.05, 4.69) is 45.5 Å². The van der Waals surface area contributed by atoms with Crippen LogP contribution in [0, 0.1) is 6.92 Å². The molecule has 0 saturated carbocycles. The number of nitrogens with two attached hydrogens (primary N) is 1. The van der Waals surface area contributed by atoms with Crippen molar-refractivity contribution in [2.75, 3.05) is 12.4 Å². The summed E-state index contributed by atoms with van der Waals surface area (Å²) in [6.07, 6.45) is 6.19. The molecule has 0 saturated heterocycles. The first-order chi connectivity index (χ1) is 10.7. The zero-order valence-corrected chi connectivity index (χ0v) is 12.6. The third-order valence-electron chi connectivity index (χ3n) is 4.42. The number of allylic oxidation sites excluding steroid dienone is 1. The number of hydrogen-bond acceptors (Lipinski definition) is 4. The second kappa shape index (κ2) is 5.02. The van der Waals surface area contributed by atoms with E-state index in [1.807, 2.05) is 23.9 Å². The molecule has 0 amide bonds. The van der Waals surface area contributed by atoms with Gasteiger partial charge in [0.05, 0.1) is 11.9 Å². The molecule has 0 fully saturated rings. The molecule has 0 spiro atoms. The van der Waals surface area contributed by atoms with Crippen molar-refractivity contribution < 1.29 is 0 Å². The molecule has 2 aliphatic rings. The minimum Gasteiger partial charge on any atom is -0.382 e. The summed E-state index contributed by atoms with van der Waals surface area (Å²) < 4.78 is 1.85. The van der Waals surface area contributed by atoms with Gasteiger partial charge < -0.3 is 10.6 Å². The molecule has 112 valence electrons. The van der Waals surface area contributed by atoms with Crippen molar-refractivity contribution in [3.63, 3.8) is 0 Å². The monoisotopic (exact) mass is 293 g/mol. The van der Waals surface area contributed by atoms with Gasteiger partial charge in [0.2, 0.25) is 0 Å². The van der Waals surface area contributed by atoms with Crippen molar-refractivity contribution in [2.45, 2.75) is 25.8 Å². The third-order valence-corrected chi connectivity index (χ3v) is 4.42. The van der Waals surface area contributed by atoms with Crippen LogP contribution >= 0.6 is 0 Å². The minimum absolute atomic E-state index is 0.470. The number of fused-ring (bicyclic) bond motifs is 1.